The number of hydrogen-bond acceptors (Lipinski definition) is 2. The number of guanidine groups is 1. The summed E-state index contributed by atoms with van der Waals surface area (Å²) in [6.45, 7) is 6.67. The molecule has 0 bridgehead atoms. The maximum Gasteiger partial charge on any atom is 0.416 e. The number of carbonyl (C=O) groups excluding carboxylic acids is 1. The first-order valence-corrected chi connectivity index (χ1v) is 9.50. The number of rotatable bonds is 7. The number of carbonyl (C=O) groups is 1. The van der Waals surface area contributed by atoms with Crippen LogP contribution in [0.5, 0.6) is 0 Å². The fourth-order valence-electron chi connectivity index (χ4n) is 3.15. The van der Waals surface area contributed by atoms with Crippen molar-refractivity contribution in [2.45, 2.75) is 51.6 Å². The fourth-order valence-corrected chi connectivity index (χ4v) is 3.15. The van der Waals surface area contributed by atoms with Crippen molar-refractivity contribution in [3.05, 3.63) is 35.4 Å². The van der Waals surface area contributed by atoms with Crippen molar-refractivity contribution in [2.75, 3.05) is 19.6 Å². The molecular formula is C20H29F3N4O. The van der Waals surface area contributed by atoms with Crippen molar-refractivity contribution >= 4 is 11.9 Å². The first-order chi connectivity index (χ1) is 13.0. The normalized spacial score (nSPS) is 17.0. The monoisotopic (exact) mass is 398 g/mol. The van der Waals surface area contributed by atoms with E-state index < -0.39 is 23.1 Å². The van der Waals surface area contributed by atoms with Crippen molar-refractivity contribution in [2.24, 2.45) is 16.1 Å². The predicted molar refractivity (Wildman–Crippen MR) is 104 cm³/mol. The SMILES string of the molecule is CCNC(=NCC(C)(C)C(N)=O)NCC1(c2cccc(C(F)(F)F)c2)CCC1. The number of nitrogens with two attached hydrogens (primary N) is 1. The van der Waals surface area contributed by atoms with Crippen LogP contribution >= 0.6 is 0 Å². The Morgan fingerprint density at radius 3 is 2.43 bits per heavy atom. The molecule has 1 amide bonds. The molecular weight excluding hydrogens is 369 g/mol. The molecule has 8 heteroatoms. The first kappa shape index (κ1) is 22.0. The van der Waals surface area contributed by atoms with Crippen LogP contribution in [0.15, 0.2) is 29.3 Å². The van der Waals surface area contributed by atoms with E-state index in [-0.39, 0.29) is 12.0 Å². The summed E-state index contributed by atoms with van der Waals surface area (Å²) in [6.07, 6.45) is -1.76. The minimum Gasteiger partial charge on any atom is -0.369 e. The highest BCUT2D eigenvalue weighted by Gasteiger charge is 2.40. The summed E-state index contributed by atoms with van der Waals surface area (Å²) in [7, 11) is 0. The van der Waals surface area contributed by atoms with E-state index >= 15 is 0 Å². The molecule has 1 aliphatic carbocycles. The van der Waals surface area contributed by atoms with E-state index in [9.17, 15) is 18.0 Å². The van der Waals surface area contributed by atoms with Crippen LogP contribution in [0.25, 0.3) is 0 Å². The number of aliphatic imine (C=N–C) groups is 1. The summed E-state index contributed by atoms with van der Waals surface area (Å²) in [5, 5.41) is 6.35. The molecule has 1 aromatic carbocycles. The standard InChI is InChI=1S/C20H29F3N4O/c1-4-25-17(26-12-18(2,3)16(24)28)27-13-19(9-6-10-19)14-7-5-8-15(11-14)20(21,22)23/h5,7-8,11H,4,6,9-10,12-13H2,1-3H3,(H2,24,28)(H2,25,26,27). The van der Waals surface area contributed by atoms with Crippen LogP contribution in [0.2, 0.25) is 0 Å². The van der Waals surface area contributed by atoms with E-state index in [0.717, 1.165) is 25.3 Å². The summed E-state index contributed by atoms with van der Waals surface area (Å²) >= 11 is 0. The minimum atomic E-state index is -4.36. The highest BCUT2D eigenvalue weighted by atomic mass is 19.4. The number of primary amides is 1. The molecule has 28 heavy (non-hydrogen) atoms. The van der Waals surface area contributed by atoms with Gasteiger partial charge in [0.2, 0.25) is 5.91 Å². The van der Waals surface area contributed by atoms with Crippen molar-refractivity contribution in [3.8, 4) is 0 Å². The van der Waals surface area contributed by atoms with E-state index in [0.29, 0.717) is 24.6 Å². The van der Waals surface area contributed by atoms with Gasteiger partial charge in [0.1, 0.15) is 0 Å². The molecule has 5 nitrogen and oxygen atoms in total. The lowest BCUT2D eigenvalue weighted by molar-refractivity contribution is -0.137. The van der Waals surface area contributed by atoms with Gasteiger partial charge in [-0.05, 0) is 45.2 Å². The first-order valence-electron chi connectivity index (χ1n) is 9.50. The Kier molecular flexibility index (Phi) is 6.62. The zero-order valence-corrected chi connectivity index (χ0v) is 16.6. The molecule has 0 unspecified atom stereocenters. The molecule has 0 saturated heterocycles. The second-order valence-electron chi connectivity index (χ2n) is 8.01. The van der Waals surface area contributed by atoms with Crippen LogP contribution in [0.1, 0.15) is 51.2 Å². The van der Waals surface area contributed by atoms with Gasteiger partial charge in [-0.15, -0.1) is 0 Å². The van der Waals surface area contributed by atoms with E-state index in [4.69, 9.17) is 5.73 Å². The Morgan fingerprint density at radius 1 is 1.25 bits per heavy atom. The topological polar surface area (TPSA) is 79.5 Å². The second kappa shape index (κ2) is 8.41. The van der Waals surface area contributed by atoms with Gasteiger partial charge in [0, 0.05) is 18.5 Å². The highest BCUT2D eigenvalue weighted by molar-refractivity contribution is 5.82. The molecule has 2 rings (SSSR count). The molecule has 0 atom stereocenters. The molecule has 1 aliphatic rings. The Bertz CT molecular complexity index is 724. The third-order valence-corrected chi connectivity index (χ3v) is 5.35. The number of halogens is 3. The average molecular weight is 398 g/mol. The van der Waals surface area contributed by atoms with Gasteiger partial charge >= 0.3 is 6.18 Å². The quantitative estimate of drug-likeness (QED) is 0.487. The lowest BCUT2D eigenvalue weighted by Gasteiger charge is -2.43. The number of nitrogens with one attached hydrogen (secondary N) is 2. The van der Waals surface area contributed by atoms with E-state index in [1.165, 1.54) is 12.1 Å². The molecule has 4 N–H and O–H groups in total. The maximum absolute atomic E-state index is 13.1. The van der Waals surface area contributed by atoms with Crippen LogP contribution in [-0.2, 0) is 16.4 Å². The maximum atomic E-state index is 13.1. The lowest BCUT2D eigenvalue weighted by atomic mass is 9.64. The van der Waals surface area contributed by atoms with Crippen LogP contribution in [0, 0.1) is 5.41 Å². The molecule has 1 aromatic rings. The largest absolute Gasteiger partial charge is 0.416 e. The molecule has 0 aliphatic heterocycles. The lowest BCUT2D eigenvalue weighted by Crippen LogP contribution is -2.49. The van der Waals surface area contributed by atoms with Gasteiger partial charge in [0.25, 0.3) is 0 Å². The summed E-state index contributed by atoms with van der Waals surface area (Å²) in [5.41, 5.74) is 4.32. The van der Waals surface area contributed by atoms with Crippen LogP contribution in [0.3, 0.4) is 0 Å². The van der Waals surface area contributed by atoms with Gasteiger partial charge in [-0.3, -0.25) is 9.79 Å². The van der Waals surface area contributed by atoms with Gasteiger partial charge in [-0.25, -0.2) is 0 Å². The number of alkyl halides is 3. The van der Waals surface area contributed by atoms with Crippen molar-refractivity contribution in [1.82, 2.24) is 10.6 Å². The zero-order chi connectivity index (χ0) is 21.0. The van der Waals surface area contributed by atoms with E-state index in [1.807, 2.05) is 6.92 Å². The van der Waals surface area contributed by atoms with Gasteiger partial charge in [-0.2, -0.15) is 13.2 Å². The molecule has 1 saturated carbocycles. The molecule has 0 aromatic heterocycles. The van der Waals surface area contributed by atoms with Crippen LogP contribution in [-0.4, -0.2) is 31.5 Å². The molecule has 0 heterocycles. The van der Waals surface area contributed by atoms with Crippen molar-refractivity contribution in [1.29, 1.82) is 0 Å². The second-order valence-corrected chi connectivity index (χ2v) is 8.01. The predicted octanol–water partition coefficient (Wildman–Crippen LogP) is 3.19. The number of benzene rings is 1. The van der Waals surface area contributed by atoms with Crippen LogP contribution in [0.4, 0.5) is 13.2 Å². The third-order valence-electron chi connectivity index (χ3n) is 5.35. The van der Waals surface area contributed by atoms with Crippen molar-refractivity contribution < 1.29 is 18.0 Å². The average Bonchev–Trinajstić information content (AvgIpc) is 2.58. The fraction of sp³-hybridized carbons (Fsp3) is 0.600. The zero-order valence-electron chi connectivity index (χ0n) is 16.6. The number of hydrogen-bond donors (Lipinski definition) is 3. The van der Waals surface area contributed by atoms with Gasteiger partial charge in [0.05, 0.1) is 17.5 Å². The summed E-state index contributed by atoms with van der Waals surface area (Å²) in [4.78, 5) is 15.9. The van der Waals surface area contributed by atoms with E-state index in [1.54, 1.807) is 19.9 Å². The van der Waals surface area contributed by atoms with Gasteiger partial charge in [0.15, 0.2) is 5.96 Å². The number of amides is 1. The van der Waals surface area contributed by atoms with E-state index in [2.05, 4.69) is 15.6 Å². The molecule has 156 valence electrons. The highest BCUT2D eigenvalue weighted by Crippen LogP contribution is 2.44. The summed E-state index contributed by atoms with van der Waals surface area (Å²) in [5.74, 6) is 0.0848. The molecule has 1 fully saturated rings. The third kappa shape index (κ3) is 5.17. The smallest absolute Gasteiger partial charge is 0.369 e. The van der Waals surface area contributed by atoms with Gasteiger partial charge in [-0.1, -0.05) is 24.6 Å². The van der Waals surface area contributed by atoms with Crippen LogP contribution < -0.4 is 16.4 Å². The molecule has 0 radical (unpaired) electrons. The summed E-state index contributed by atoms with van der Waals surface area (Å²) in [6, 6.07) is 5.57. The Balaban J connectivity index is 2.16. The number of nitrogens with zero attached hydrogens (tertiary/aromatic N) is 1. The minimum absolute atomic E-state index is 0.216. The Hall–Kier alpha value is -2.25. The Labute approximate surface area is 164 Å². The Morgan fingerprint density at radius 2 is 1.93 bits per heavy atom. The molecule has 0 spiro atoms. The van der Waals surface area contributed by atoms with Crippen molar-refractivity contribution in [3.63, 3.8) is 0 Å². The summed E-state index contributed by atoms with van der Waals surface area (Å²) < 4.78 is 39.3. The van der Waals surface area contributed by atoms with Gasteiger partial charge < -0.3 is 16.4 Å².